The highest BCUT2D eigenvalue weighted by atomic mass is 19.3. The number of ketones is 1. The van der Waals surface area contributed by atoms with E-state index in [1.165, 1.54) is 13.1 Å². The maximum Gasteiger partial charge on any atom is 0.253 e. The third kappa shape index (κ3) is 1.64. The van der Waals surface area contributed by atoms with E-state index in [4.69, 9.17) is 0 Å². The van der Waals surface area contributed by atoms with E-state index in [2.05, 4.69) is 10.2 Å². The van der Waals surface area contributed by atoms with E-state index in [0.717, 1.165) is 4.80 Å². The van der Waals surface area contributed by atoms with Gasteiger partial charge < -0.3 is 0 Å². The van der Waals surface area contributed by atoms with E-state index in [0.29, 0.717) is 0 Å². The Kier molecular flexibility index (Phi) is 1.87. The van der Waals surface area contributed by atoms with Crippen LogP contribution in [0.15, 0.2) is 6.20 Å². The van der Waals surface area contributed by atoms with E-state index in [-0.39, 0.29) is 24.4 Å². The van der Waals surface area contributed by atoms with Crippen molar-refractivity contribution in [2.45, 2.75) is 25.8 Å². The molecule has 1 aliphatic rings. The van der Waals surface area contributed by atoms with E-state index in [1.54, 1.807) is 0 Å². The first-order valence-corrected chi connectivity index (χ1v) is 4.28. The highest BCUT2D eigenvalue weighted by molar-refractivity contribution is 5.91. The summed E-state index contributed by atoms with van der Waals surface area (Å²) < 4.78 is 25.0. The molecule has 4 nitrogen and oxygen atoms in total. The van der Waals surface area contributed by atoms with Gasteiger partial charge in [-0.25, -0.2) is 8.78 Å². The van der Waals surface area contributed by atoms with E-state index < -0.39 is 11.8 Å². The van der Waals surface area contributed by atoms with Crippen LogP contribution in [0.5, 0.6) is 0 Å². The summed E-state index contributed by atoms with van der Waals surface area (Å²) >= 11 is 0. The van der Waals surface area contributed by atoms with E-state index in [1.807, 2.05) is 0 Å². The van der Waals surface area contributed by atoms with Gasteiger partial charge in [-0.1, -0.05) is 0 Å². The third-order valence-corrected chi connectivity index (χ3v) is 2.24. The third-order valence-electron chi connectivity index (χ3n) is 2.24. The molecule has 0 radical (unpaired) electrons. The minimum absolute atomic E-state index is 0.0836. The van der Waals surface area contributed by atoms with Gasteiger partial charge in [0, 0.05) is 19.3 Å². The lowest BCUT2D eigenvalue weighted by Gasteiger charge is -1.96. The largest absolute Gasteiger partial charge is 0.293 e. The normalized spacial score (nSPS) is 23.5. The molecule has 76 valence electrons. The molecular weight excluding hydrogens is 192 g/mol. The average Bonchev–Trinajstić information content (AvgIpc) is 2.51. The molecule has 1 saturated carbocycles. The second-order valence-electron chi connectivity index (χ2n) is 3.50. The summed E-state index contributed by atoms with van der Waals surface area (Å²) in [5.74, 6) is -3.45. The zero-order valence-corrected chi connectivity index (χ0v) is 7.57. The zero-order valence-electron chi connectivity index (χ0n) is 7.57. The van der Waals surface area contributed by atoms with Gasteiger partial charge in [0.05, 0.1) is 12.7 Å². The number of carbonyl (C=O) groups is 1. The van der Waals surface area contributed by atoms with Crippen molar-refractivity contribution in [2.24, 2.45) is 5.92 Å². The van der Waals surface area contributed by atoms with Gasteiger partial charge in [0.2, 0.25) is 0 Å². The van der Waals surface area contributed by atoms with Crippen LogP contribution in [-0.4, -0.2) is 26.7 Å². The number of hydrogen-bond acceptors (Lipinski definition) is 3. The van der Waals surface area contributed by atoms with Crippen LogP contribution in [0.25, 0.3) is 0 Å². The number of hydrogen-bond donors (Lipinski definition) is 0. The SMILES string of the molecule is CC(=O)c1cnn(CC2CC2(F)F)n1. The number of aromatic nitrogens is 3. The lowest BCUT2D eigenvalue weighted by molar-refractivity contribution is 0.0930. The van der Waals surface area contributed by atoms with Gasteiger partial charge in [-0.3, -0.25) is 4.79 Å². The van der Waals surface area contributed by atoms with Crippen LogP contribution in [0.2, 0.25) is 0 Å². The molecule has 1 unspecified atom stereocenters. The second kappa shape index (κ2) is 2.83. The number of rotatable bonds is 3. The molecule has 0 aromatic carbocycles. The molecule has 0 amide bonds. The van der Waals surface area contributed by atoms with Crippen molar-refractivity contribution in [1.29, 1.82) is 0 Å². The maximum atomic E-state index is 12.5. The minimum atomic E-state index is -2.57. The predicted octanol–water partition coefficient (Wildman–Crippen LogP) is 1.14. The summed E-state index contributed by atoms with van der Waals surface area (Å²) in [6.07, 6.45) is 1.19. The van der Waals surface area contributed by atoms with Gasteiger partial charge >= 0.3 is 0 Å². The molecule has 1 aromatic heterocycles. The summed E-state index contributed by atoms with van der Waals surface area (Å²) in [5.41, 5.74) is 0.217. The summed E-state index contributed by atoms with van der Waals surface area (Å²) in [5, 5.41) is 7.51. The molecule has 0 N–H and O–H groups in total. The van der Waals surface area contributed by atoms with Crippen molar-refractivity contribution in [1.82, 2.24) is 15.0 Å². The molecule has 1 aromatic rings. The van der Waals surface area contributed by atoms with Gasteiger partial charge in [-0.05, 0) is 0 Å². The van der Waals surface area contributed by atoms with Crippen LogP contribution in [0.3, 0.4) is 0 Å². The van der Waals surface area contributed by atoms with Crippen molar-refractivity contribution >= 4 is 5.78 Å². The molecule has 0 bridgehead atoms. The second-order valence-corrected chi connectivity index (χ2v) is 3.50. The summed E-state index contributed by atoms with van der Waals surface area (Å²) in [7, 11) is 0. The van der Waals surface area contributed by atoms with Crippen LogP contribution >= 0.6 is 0 Å². The Morgan fingerprint density at radius 3 is 2.86 bits per heavy atom. The summed E-state index contributed by atoms with van der Waals surface area (Å²) in [6.45, 7) is 1.44. The number of halogens is 2. The molecule has 1 heterocycles. The topological polar surface area (TPSA) is 47.8 Å². The molecule has 0 aliphatic heterocycles. The monoisotopic (exact) mass is 201 g/mol. The molecule has 0 spiro atoms. The fourth-order valence-corrected chi connectivity index (χ4v) is 1.21. The first-order chi connectivity index (χ1) is 6.49. The minimum Gasteiger partial charge on any atom is -0.293 e. The Bertz CT molecular complexity index is 374. The number of alkyl halides is 2. The Hall–Kier alpha value is -1.33. The fraction of sp³-hybridized carbons (Fsp3) is 0.625. The molecule has 14 heavy (non-hydrogen) atoms. The van der Waals surface area contributed by atoms with Crippen LogP contribution in [0.1, 0.15) is 23.8 Å². The first-order valence-electron chi connectivity index (χ1n) is 4.28. The van der Waals surface area contributed by atoms with E-state index >= 15 is 0 Å². The van der Waals surface area contributed by atoms with Crippen molar-refractivity contribution in [3.8, 4) is 0 Å². The van der Waals surface area contributed by atoms with Crippen LogP contribution < -0.4 is 0 Å². The Labute approximate surface area is 78.9 Å². The van der Waals surface area contributed by atoms with Gasteiger partial charge in [0.15, 0.2) is 5.78 Å². The lowest BCUT2D eigenvalue weighted by Crippen LogP contribution is -2.09. The van der Waals surface area contributed by atoms with Gasteiger partial charge in [-0.2, -0.15) is 15.0 Å². The first kappa shape index (κ1) is 9.23. The van der Waals surface area contributed by atoms with Crippen molar-refractivity contribution < 1.29 is 13.6 Å². The number of nitrogens with zero attached hydrogens (tertiary/aromatic N) is 3. The van der Waals surface area contributed by atoms with Crippen molar-refractivity contribution in [3.05, 3.63) is 11.9 Å². The van der Waals surface area contributed by atoms with Crippen LogP contribution in [-0.2, 0) is 6.54 Å². The molecule has 0 saturated heterocycles. The molecule has 6 heteroatoms. The number of carbonyl (C=O) groups excluding carboxylic acids is 1. The smallest absolute Gasteiger partial charge is 0.253 e. The molecule has 2 rings (SSSR count). The van der Waals surface area contributed by atoms with Crippen LogP contribution in [0, 0.1) is 5.92 Å². The summed E-state index contributed by atoms with van der Waals surface area (Å²) in [6, 6.07) is 0. The highest BCUT2D eigenvalue weighted by Gasteiger charge is 2.57. The van der Waals surface area contributed by atoms with Gasteiger partial charge in [0.1, 0.15) is 5.69 Å². The Morgan fingerprint density at radius 1 is 1.79 bits per heavy atom. The molecular formula is C8H9F2N3O. The average molecular weight is 201 g/mol. The van der Waals surface area contributed by atoms with Gasteiger partial charge in [0.25, 0.3) is 5.92 Å². The van der Waals surface area contributed by atoms with Crippen molar-refractivity contribution in [2.75, 3.05) is 0 Å². The predicted molar refractivity (Wildman–Crippen MR) is 43.1 cm³/mol. The summed E-state index contributed by atoms with van der Waals surface area (Å²) in [4.78, 5) is 12.0. The zero-order chi connectivity index (χ0) is 10.3. The van der Waals surface area contributed by atoms with E-state index in [9.17, 15) is 13.6 Å². The van der Waals surface area contributed by atoms with Crippen LogP contribution in [0.4, 0.5) is 8.78 Å². The molecule has 1 atom stereocenters. The standard InChI is InChI=1S/C8H9F2N3O/c1-5(14)7-3-11-13(12-7)4-6-2-8(6,9)10/h3,6H,2,4H2,1H3. The Morgan fingerprint density at radius 2 is 2.43 bits per heavy atom. The highest BCUT2D eigenvalue weighted by Crippen LogP contribution is 2.49. The Balaban J connectivity index is 2.01. The molecule has 1 fully saturated rings. The lowest BCUT2D eigenvalue weighted by atomic mass is 10.3. The number of Topliss-reactive ketones (excluding diaryl/α,β-unsaturated/α-hetero) is 1. The van der Waals surface area contributed by atoms with Gasteiger partial charge in [-0.15, -0.1) is 0 Å². The quantitative estimate of drug-likeness (QED) is 0.689. The fourth-order valence-electron chi connectivity index (χ4n) is 1.21. The molecule has 1 aliphatic carbocycles. The maximum absolute atomic E-state index is 12.5. The van der Waals surface area contributed by atoms with Crippen molar-refractivity contribution in [3.63, 3.8) is 0 Å².